The number of phenols is 1. The van der Waals surface area contributed by atoms with E-state index in [0.717, 1.165) is 11.6 Å². The lowest BCUT2D eigenvalue weighted by Gasteiger charge is -2.18. The minimum absolute atomic E-state index is 0.00931. The molecule has 0 spiro atoms. The number of oxime groups is 1. The number of anilines is 2. The second kappa shape index (κ2) is 11.3. The molecule has 0 aromatic heterocycles. The van der Waals surface area contributed by atoms with Crippen LogP contribution in [-0.2, 0) is 19.6 Å². The molecule has 12 heteroatoms. The van der Waals surface area contributed by atoms with Crippen molar-refractivity contribution < 1.29 is 28.3 Å². The van der Waals surface area contributed by atoms with Gasteiger partial charge < -0.3 is 20.9 Å². The Morgan fingerprint density at radius 3 is 2.24 bits per heavy atom. The Balaban J connectivity index is 2.18. The molecule has 5 N–H and O–H groups in total. The number of hydrogen-bond acceptors (Lipinski definition) is 7. The Hall–Kier alpha value is -3.15. The van der Waals surface area contributed by atoms with Crippen molar-refractivity contribution in [3.05, 3.63) is 47.0 Å². The molecule has 0 bridgehead atoms. The van der Waals surface area contributed by atoms with E-state index in [2.05, 4.69) is 20.5 Å². The molecule has 0 aliphatic rings. The number of phenolic OH excluding ortho intramolecular Hbond substituents is 1. The third kappa shape index (κ3) is 6.69. The highest BCUT2D eigenvalue weighted by Gasteiger charge is 2.25. The molecule has 1 atom stereocenters. The Morgan fingerprint density at radius 2 is 1.71 bits per heavy atom. The van der Waals surface area contributed by atoms with Crippen molar-refractivity contribution in [2.45, 2.75) is 45.1 Å². The van der Waals surface area contributed by atoms with Gasteiger partial charge in [-0.15, -0.1) is 0 Å². The molecule has 2 rings (SSSR count). The summed E-state index contributed by atoms with van der Waals surface area (Å²) in [6.45, 7) is 6.76. The Bertz CT molecular complexity index is 1200. The lowest BCUT2D eigenvalue weighted by Crippen LogP contribution is -2.43. The molecule has 184 valence electrons. The number of nitrogens with zero attached hydrogens (tertiary/aromatic N) is 1. The number of amides is 2. The molecule has 0 aliphatic carbocycles. The molecule has 0 heterocycles. The second-order valence-corrected chi connectivity index (χ2v) is 9.95. The smallest absolute Gasteiger partial charge is 0.273 e. The van der Waals surface area contributed by atoms with Gasteiger partial charge >= 0.3 is 0 Å². The molecule has 2 aromatic rings. The molecular weight excluding hydrogens is 484 g/mol. The zero-order valence-electron chi connectivity index (χ0n) is 19.1. The fourth-order valence-electron chi connectivity index (χ4n) is 2.88. The first-order valence-corrected chi connectivity index (χ1v) is 12.2. The van der Waals surface area contributed by atoms with Gasteiger partial charge in [-0.2, -0.15) is 4.72 Å². The van der Waals surface area contributed by atoms with E-state index in [1.807, 2.05) is 6.92 Å². The molecule has 0 radical (unpaired) electrons. The van der Waals surface area contributed by atoms with Crippen LogP contribution in [0.4, 0.5) is 11.4 Å². The maximum Gasteiger partial charge on any atom is 0.273 e. The van der Waals surface area contributed by atoms with Crippen molar-refractivity contribution in [2.75, 3.05) is 10.6 Å². The number of sulfonamides is 1. The van der Waals surface area contributed by atoms with E-state index in [1.165, 1.54) is 18.2 Å². The Labute approximate surface area is 203 Å². The summed E-state index contributed by atoms with van der Waals surface area (Å²) < 4.78 is 27.6. The van der Waals surface area contributed by atoms with Gasteiger partial charge in [0.15, 0.2) is 0 Å². The second-order valence-electron chi connectivity index (χ2n) is 7.83. The van der Waals surface area contributed by atoms with Gasteiger partial charge in [-0.05, 0) is 31.5 Å². The van der Waals surface area contributed by atoms with Crippen molar-refractivity contribution in [3.63, 3.8) is 0 Å². The van der Waals surface area contributed by atoms with Crippen LogP contribution in [0.3, 0.4) is 0 Å². The lowest BCUT2D eigenvalue weighted by atomic mass is 10.1. The fraction of sp³-hybridized carbons (Fsp3) is 0.318. The first kappa shape index (κ1) is 27.1. The summed E-state index contributed by atoms with van der Waals surface area (Å²) in [5.41, 5.74) is 0.679. The van der Waals surface area contributed by atoms with Crippen LogP contribution in [0, 0.1) is 12.8 Å². The third-order valence-corrected chi connectivity index (χ3v) is 6.63. The van der Waals surface area contributed by atoms with Gasteiger partial charge in [0.2, 0.25) is 15.9 Å². The summed E-state index contributed by atoms with van der Waals surface area (Å²) in [6.07, 6.45) is 0.146. The zero-order chi connectivity index (χ0) is 25.6. The molecule has 0 saturated carbocycles. The van der Waals surface area contributed by atoms with Crippen LogP contribution >= 0.6 is 11.6 Å². The molecule has 2 amide bonds. The van der Waals surface area contributed by atoms with E-state index in [4.69, 9.17) is 16.8 Å². The number of hydrogen-bond donors (Lipinski definition) is 5. The number of carbonyl (C=O) groups is 2. The molecular formula is C22H27ClN4O6S. The number of halogens is 1. The van der Waals surface area contributed by atoms with E-state index < -0.39 is 33.6 Å². The van der Waals surface area contributed by atoms with E-state index >= 15 is 0 Å². The minimum atomic E-state index is -3.95. The van der Waals surface area contributed by atoms with E-state index in [1.54, 1.807) is 32.9 Å². The zero-order valence-corrected chi connectivity index (χ0v) is 20.7. The lowest BCUT2D eigenvalue weighted by molar-refractivity contribution is -0.117. The van der Waals surface area contributed by atoms with Crippen LogP contribution < -0.4 is 15.4 Å². The molecule has 0 aliphatic heterocycles. The first-order valence-electron chi connectivity index (χ1n) is 10.3. The maximum atomic E-state index is 12.7. The van der Waals surface area contributed by atoms with Crippen molar-refractivity contribution >= 4 is 50.5 Å². The minimum Gasteiger partial charge on any atom is -0.506 e. The highest BCUT2D eigenvalue weighted by atomic mass is 35.5. The largest absolute Gasteiger partial charge is 0.506 e. The van der Waals surface area contributed by atoms with Crippen LogP contribution in [0.5, 0.6) is 5.75 Å². The topological polar surface area (TPSA) is 157 Å². The Morgan fingerprint density at radius 1 is 1.09 bits per heavy atom. The van der Waals surface area contributed by atoms with Crippen LogP contribution in [0.15, 0.2) is 46.4 Å². The molecule has 0 saturated heterocycles. The number of benzene rings is 2. The molecule has 0 fully saturated rings. The number of aryl methyl sites for hydroxylation is 1. The molecule has 10 nitrogen and oxygen atoms in total. The predicted octanol–water partition coefficient (Wildman–Crippen LogP) is 3.47. The Kier molecular flexibility index (Phi) is 9.02. The van der Waals surface area contributed by atoms with Gasteiger partial charge in [-0.25, -0.2) is 8.42 Å². The fourth-order valence-corrected chi connectivity index (χ4v) is 4.37. The van der Waals surface area contributed by atoms with Crippen LogP contribution in [0.25, 0.3) is 0 Å². The summed E-state index contributed by atoms with van der Waals surface area (Å²) in [7, 11) is -3.95. The summed E-state index contributed by atoms with van der Waals surface area (Å²) >= 11 is 6.20. The maximum absolute atomic E-state index is 12.7. The highest BCUT2D eigenvalue weighted by Crippen LogP contribution is 2.34. The van der Waals surface area contributed by atoms with Gasteiger partial charge in [0, 0.05) is 12.0 Å². The SMILES string of the molecule is CCC(NS(=O)(=O)c1ccc(C)cc1)C(=O)Nc1cc(O)c(NC(=O)C(=NO)C(C)C)cc1Cl. The average molecular weight is 511 g/mol. The summed E-state index contributed by atoms with van der Waals surface area (Å²) in [5, 5.41) is 27.1. The van der Waals surface area contributed by atoms with Gasteiger partial charge in [0.05, 0.1) is 21.3 Å². The number of carbonyl (C=O) groups excluding carboxylic acids is 2. The summed E-state index contributed by atoms with van der Waals surface area (Å²) in [6, 6.07) is 7.38. The molecule has 2 aromatic carbocycles. The predicted molar refractivity (Wildman–Crippen MR) is 130 cm³/mol. The van der Waals surface area contributed by atoms with Crippen LogP contribution in [-0.4, -0.2) is 42.3 Å². The van der Waals surface area contributed by atoms with Crippen molar-refractivity contribution in [3.8, 4) is 5.75 Å². The number of rotatable bonds is 9. The number of nitrogens with one attached hydrogen (secondary N) is 3. The first-order chi connectivity index (χ1) is 15.9. The van der Waals surface area contributed by atoms with Crippen LogP contribution in [0.2, 0.25) is 5.02 Å². The highest BCUT2D eigenvalue weighted by molar-refractivity contribution is 7.89. The van der Waals surface area contributed by atoms with Crippen molar-refractivity contribution in [2.24, 2.45) is 11.1 Å². The van der Waals surface area contributed by atoms with E-state index in [-0.39, 0.29) is 39.3 Å². The third-order valence-electron chi connectivity index (χ3n) is 4.83. The van der Waals surface area contributed by atoms with E-state index in [0.29, 0.717) is 0 Å². The summed E-state index contributed by atoms with van der Waals surface area (Å²) in [4.78, 5) is 25.0. The van der Waals surface area contributed by atoms with Gasteiger partial charge in [0.1, 0.15) is 17.5 Å². The normalized spacial score (nSPS) is 12.9. The molecule has 1 unspecified atom stereocenters. The quantitative estimate of drug-likeness (QED) is 0.150. The van der Waals surface area contributed by atoms with E-state index in [9.17, 15) is 23.1 Å². The standard InChI is InChI=1S/C22H27ClN4O6S/c1-5-16(27-34(32,33)14-8-6-13(4)7-9-14)21(29)24-17-11-19(28)18(10-15(17)23)25-22(30)20(26-31)12(2)3/h6-12,16,27-28,31H,5H2,1-4H3,(H,24,29)(H,25,30). The monoisotopic (exact) mass is 510 g/mol. The van der Waals surface area contributed by atoms with Gasteiger partial charge in [0.25, 0.3) is 5.91 Å². The van der Waals surface area contributed by atoms with Gasteiger partial charge in [-0.1, -0.05) is 55.2 Å². The summed E-state index contributed by atoms with van der Waals surface area (Å²) in [5.74, 6) is -2.22. The average Bonchev–Trinajstić information content (AvgIpc) is 2.76. The van der Waals surface area contributed by atoms with Gasteiger partial charge in [-0.3, -0.25) is 9.59 Å². The molecule has 34 heavy (non-hydrogen) atoms. The number of aromatic hydroxyl groups is 1. The van der Waals surface area contributed by atoms with Crippen LogP contribution in [0.1, 0.15) is 32.8 Å². The van der Waals surface area contributed by atoms with Crippen molar-refractivity contribution in [1.82, 2.24) is 4.72 Å². The van der Waals surface area contributed by atoms with Crippen molar-refractivity contribution in [1.29, 1.82) is 0 Å².